The number of aromatic nitrogens is 1. The van der Waals surface area contributed by atoms with Gasteiger partial charge in [-0.25, -0.2) is 4.39 Å². The van der Waals surface area contributed by atoms with Crippen LogP contribution in [-0.4, -0.2) is 4.98 Å². The Bertz CT molecular complexity index is 394. The van der Waals surface area contributed by atoms with Crippen LogP contribution in [0.2, 0.25) is 0 Å². The molecular weight excluding hydrogens is 209 g/mol. The van der Waals surface area contributed by atoms with Gasteiger partial charge in [0, 0.05) is 10.9 Å². The molecule has 1 radical (unpaired) electrons. The number of hydrogen-bond acceptors (Lipinski definition) is 0. The maximum Gasteiger partial charge on any atom is 0.123 e. The molecule has 0 atom stereocenters. The van der Waals surface area contributed by atoms with E-state index in [1.54, 1.807) is 6.07 Å². The lowest BCUT2D eigenvalue weighted by Gasteiger charge is -1.89. The van der Waals surface area contributed by atoms with Gasteiger partial charge in [0.1, 0.15) is 5.82 Å². The largest absolute Gasteiger partial charge is 0.352 e. The Labute approximate surface area is 71.4 Å². The van der Waals surface area contributed by atoms with Crippen LogP contribution in [0.3, 0.4) is 0 Å². The smallest absolute Gasteiger partial charge is 0.123 e. The van der Waals surface area contributed by atoms with Crippen molar-refractivity contribution in [2.75, 3.05) is 0 Å². The Morgan fingerprint density at radius 1 is 1.45 bits per heavy atom. The first kappa shape index (κ1) is 6.85. The minimum absolute atomic E-state index is 0.230. The molecular formula is C8H4BrFN. The summed E-state index contributed by atoms with van der Waals surface area (Å²) in [6.45, 7) is 0. The van der Waals surface area contributed by atoms with E-state index in [4.69, 9.17) is 0 Å². The van der Waals surface area contributed by atoms with E-state index in [1.165, 1.54) is 12.1 Å². The quantitative estimate of drug-likeness (QED) is 0.692. The molecule has 2 rings (SSSR count). The fraction of sp³-hybridized carbons (Fsp3) is 0. The van der Waals surface area contributed by atoms with Crippen LogP contribution in [0.4, 0.5) is 4.39 Å². The molecule has 0 fully saturated rings. The number of hydrogen-bond donors (Lipinski definition) is 1. The van der Waals surface area contributed by atoms with Crippen LogP contribution in [0.1, 0.15) is 0 Å². The van der Waals surface area contributed by atoms with Gasteiger partial charge in [-0.3, -0.25) is 0 Å². The molecule has 11 heavy (non-hydrogen) atoms. The van der Waals surface area contributed by atoms with Crippen molar-refractivity contribution in [1.29, 1.82) is 0 Å². The number of aromatic amines is 1. The first-order valence-corrected chi connectivity index (χ1v) is 3.91. The molecule has 2 aromatic rings. The van der Waals surface area contributed by atoms with E-state index in [0.29, 0.717) is 0 Å². The highest BCUT2D eigenvalue weighted by molar-refractivity contribution is 9.10. The predicted octanol–water partition coefficient (Wildman–Crippen LogP) is 2.87. The number of halogens is 2. The van der Waals surface area contributed by atoms with Gasteiger partial charge in [-0.15, -0.1) is 0 Å². The van der Waals surface area contributed by atoms with Crippen LogP contribution >= 0.6 is 15.9 Å². The second kappa shape index (κ2) is 2.34. The van der Waals surface area contributed by atoms with Crippen molar-refractivity contribution in [3.63, 3.8) is 0 Å². The van der Waals surface area contributed by atoms with Crippen molar-refractivity contribution < 1.29 is 4.39 Å². The average molecular weight is 213 g/mol. The van der Waals surface area contributed by atoms with Crippen LogP contribution in [0.25, 0.3) is 10.9 Å². The minimum Gasteiger partial charge on any atom is -0.352 e. The van der Waals surface area contributed by atoms with Crippen LogP contribution < -0.4 is 0 Å². The predicted molar refractivity (Wildman–Crippen MR) is 44.8 cm³/mol. The zero-order valence-corrected chi connectivity index (χ0v) is 7.07. The molecule has 0 amide bonds. The summed E-state index contributed by atoms with van der Waals surface area (Å²) in [6.07, 6.45) is 2.83. The van der Waals surface area contributed by atoms with Gasteiger partial charge in [-0.05, 0) is 34.1 Å². The maximum absolute atomic E-state index is 12.6. The summed E-state index contributed by atoms with van der Waals surface area (Å²) in [7, 11) is 0. The fourth-order valence-electron chi connectivity index (χ4n) is 0.997. The Balaban J connectivity index is 2.87. The number of fused-ring (bicyclic) bond motifs is 1. The molecule has 1 heterocycles. The summed E-state index contributed by atoms with van der Waals surface area (Å²) >= 11 is 3.25. The third kappa shape index (κ3) is 1.05. The molecule has 0 aliphatic heterocycles. The van der Waals surface area contributed by atoms with Crippen molar-refractivity contribution in [2.24, 2.45) is 0 Å². The second-order valence-corrected chi connectivity index (χ2v) is 3.05. The van der Waals surface area contributed by atoms with E-state index in [9.17, 15) is 4.39 Å². The fourth-order valence-corrected chi connectivity index (χ4v) is 1.42. The standard InChI is InChI=1S/C8H4BrFN/c9-7-4-11-8-2-1-5(10)3-6(7)8/h1-3,11H. The Morgan fingerprint density at radius 2 is 2.27 bits per heavy atom. The molecule has 3 heteroatoms. The topological polar surface area (TPSA) is 15.8 Å². The molecule has 0 saturated heterocycles. The van der Waals surface area contributed by atoms with Gasteiger partial charge in [0.05, 0.1) is 10.7 Å². The SMILES string of the molecule is Fc1ccc2[nH][c]c(Br)c2c1. The Kier molecular flexibility index (Phi) is 1.46. The van der Waals surface area contributed by atoms with E-state index in [-0.39, 0.29) is 5.82 Å². The molecule has 0 bridgehead atoms. The Hall–Kier alpha value is -0.830. The third-order valence-corrected chi connectivity index (χ3v) is 2.15. The Morgan fingerprint density at radius 3 is 3.09 bits per heavy atom. The molecule has 0 aliphatic carbocycles. The summed E-state index contributed by atoms with van der Waals surface area (Å²) in [6, 6.07) is 4.57. The van der Waals surface area contributed by atoms with Crippen LogP contribution in [0.15, 0.2) is 22.7 Å². The van der Waals surface area contributed by atoms with Crippen LogP contribution in [0, 0.1) is 12.0 Å². The van der Waals surface area contributed by atoms with E-state index >= 15 is 0 Å². The number of rotatable bonds is 0. The number of benzene rings is 1. The van der Waals surface area contributed by atoms with Gasteiger partial charge in [0.2, 0.25) is 0 Å². The summed E-state index contributed by atoms with van der Waals surface area (Å²) in [5.74, 6) is -0.230. The van der Waals surface area contributed by atoms with Crippen LogP contribution in [0.5, 0.6) is 0 Å². The van der Waals surface area contributed by atoms with Crippen LogP contribution in [-0.2, 0) is 0 Å². The average Bonchev–Trinajstić information content (AvgIpc) is 2.33. The highest BCUT2D eigenvalue weighted by Crippen LogP contribution is 2.22. The summed E-state index contributed by atoms with van der Waals surface area (Å²) < 4.78 is 13.4. The summed E-state index contributed by atoms with van der Waals surface area (Å²) in [4.78, 5) is 2.88. The van der Waals surface area contributed by atoms with E-state index in [1.807, 2.05) is 0 Å². The van der Waals surface area contributed by atoms with Gasteiger partial charge >= 0.3 is 0 Å². The monoisotopic (exact) mass is 212 g/mol. The molecule has 1 aromatic heterocycles. The zero-order valence-electron chi connectivity index (χ0n) is 5.49. The highest BCUT2D eigenvalue weighted by Gasteiger charge is 2.00. The molecule has 0 aliphatic rings. The first-order valence-electron chi connectivity index (χ1n) is 3.12. The molecule has 1 nitrogen and oxygen atoms in total. The van der Waals surface area contributed by atoms with Gasteiger partial charge in [-0.1, -0.05) is 0 Å². The van der Waals surface area contributed by atoms with E-state index in [2.05, 4.69) is 27.1 Å². The highest BCUT2D eigenvalue weighted by atomic mass is 79.9. The lowest BCUT2D eigenvalue weighted by molar-refractivity contribution is 0.629. The van der Waals surface area contributed by atoms with E-state index < -0.39 is 0 Å². The molecule has 0 spiro atoms. The molecule has 0 saturated carbocycles. The normalized spacial score (nSPS) is 10.7. The van der Waals surface area contributed by atoms with Crippen molar-refractivity contribution in [3.8, 4) is 0 Å². The van der Waals surface area contributed by atoms with Crippen molar-refractivity contribution >= 4 is 26.8 Å². The summed E-state index contributed by atoms with van der Waals surface area (Å²) in [5, 5.41) is 0.824. The first-order chi connectivity index (χ1) is 5.27. The number of H-pyrrole nitrogens is 1. The van der Waals surface area contributed by atoms with Gasteiger partial charge in [-0.2, -0.15) is 0 Å². The van der Waals surface area contributed by atoms with Gasteiger partial charge in [0.15, 0.2) is 0 Å². The zero-order chi connectivity index (χ0) is 7.84. The molecule has 55 valence electrons. The second-order valence-electron chi connectivity index (χ2n) is 2.25. The van der Waals surface area contributed by atoms with Crippen molar-refractivity contribution in [1.82, 2.24) is 4.98 Å². The lowest BCUT2D eigenvalue weighted by atomic mass is 10.2. The van der Waals surface area contributed by atoms with Crippen molar-refractivity contribution in [3.05, 3.63) is 34.7 Å². The molecule has 1 N–H and O–H groups in total. The molecule has 1 aromatic carbocycles. The molecule has 0 unspecified atom stereocenters. The van der Waals surface area contributed by atoms with Gasteiger partial charge < -0.3 is 4.98 Å². The number of nitrogens with one attached hydrogen (secondary N) is 1. The summed E-state index contributed by atoms with van der Waals surface area (Å²) in [5.41, 5.74) is 0.887. The third-order valence-electron chi connectivity index (χ3n) is 1.52. The van der Waals surface area contributed by atoms with Gasteiger partial charge in [0.25, 0.3) is 0 Å². The van der Waals surface area contributed by atoms with Crippen molar-refractivity contribution in [2.45, 2.75) is 0 Å². The lowest BCUT2D eigenvalue weighted by Crippen LogP contribution is -1.71. The maximum atomic E-state index is 12.6. The minimum atomic E-state index is -0.230. The van der Waals surface area contributed by atoms with E-state index in [0.717, 1.165) is 15.4 Å².